The van der Waals surface area contributed by atoms with Gasteiger partial charge >= 0.3 is 0 Å². The Balaban J connectivity index is 1.76. The second kappa shape index (κ2) is 5.17. The Hall–Kier alpha value is -0.730. The van der Waals surface area contributed by atoms with Gasteiger partial charge in [0.25, 0.3) is 0 Å². The summed E-state index contributed by atoms with van der Waals surface area (Å²) in [5.41, 5.74) is 1.91. The molecule has 21 heavy (non-hydrogen) atoms. The van der Waals surface area contributed by atoms with Crippen LogP contribution in [-0.2, 0) is 6.54 Å². The third kappa shape index (κ3) is 2.19. The van der Waals surface area contributed by atoms with Gasteiger partial charge in [-0.3, -0.25) is 0 Å². The number of hydrogen-bond acceptors (Lipinski definition) is 2. The fourth-order valence-corrected chi connectivity index (χ4v) is 4.87. The standard InChI is InChI=1S/C18H26ClNO/c1-17(2)12-8-9-18(17,3)16(10-12)20-11-13-14(19)6-5-7-15(13)21-4/h5-7,12,16,20H,8-11H2,1-4H3. The molecule has 1 N–H and O–H groups in total. The summed E-state index contributed by atoms with van der Waals surface area (Å²) >= 11 is 6.34. The lowest BCUT2D eigenvalue weighted by molar-refractivity contribution is 0.120. The Bertz CT molecular complexity index is 542. The van der Waals surface area contributed by atoms with Gasteiger partial charge in [0.2, 0.25) is 0 Å². The van der Waals surface area contributed by atoms with Crippen molar-refractivity contribution in [1.29, 1.82) is 0 Å². The van der Waals surface area contributed by atoms with E-state index in [4.69, 9.17) is 16.3 Å². The molecule has 0 radical (unpaired) electrons. The fraction of sp³-hybridized carbons (Fsp3) is 0.667. The van der Waals surface area contributed by atoms with Crippen molar-refractivity contribution >= 4 is 11.6 Å². The van der Waals surface area contributed by atoms with E-state index in [-0.39, 0.29) is 0 Å². The predicted molar refractivity (Wildman–Crippen MR) is 87.9 cm³/mol. The number of benzene rings is 1. The SMILES string of the molecule is COc1cccc(Cl)c1CNC1CC2CCC1(C)C2(C)C. The van der Waals surface area contributed by atoms with E-state index in [1.807, 2.05) is 18.2 Å². The molecule has 3 atom stereocenters. The van der Waals surface area contributed by atoms with Crippen molar-refractivity contribution in [3.63, 3.8) is 0 Å². The van der Waals surface area contributed by atoms with E-state index in [1.165, 1.54) is 19.3 Å². The summed E-state index contributed by atoms with van der Waals surface area (Å²) in [6.45, 7) is 8.14. The molecule has 2 fully saturated rings. The summed E-state index contributed by atoms with van der Waals surface area (Å²) < 4.78 is 5.44. The van der Waals surface area contributed by atoms with E-state index in [1.54, 1.807) is 7.11 Å². The smallest absolute Gasteiger partial charge is 0.124 e. The molecule has 3 unspecified atom stereocenters. The minimum atomic E-state index is 0.395. The molecule has 0 amide bonds. The van der Waals surface area contributed by atoms with Crippen LogP contribution in [0, 0.1) is 16.7 Å². The van der Waals surface area contributed by atoms with Crippen LogP contribution in [0.3, 0.4) is 0 Å². The first kappa shape index (κ1) is 15.2. The van der Waals surface area contributed by atoms with Crippen LogP contribution in [0.4, 0.5) is 0 Å². The molecule has 2 aliphatic carbocycles. The Morgan fingerprint density at radius 2 is 2.10 bits per heavy atom. The van der Waals surface area contributed by atoms with Crippen molar-refractivity contribution in [2.24, 2.45) is 16.7 Å². The van der Waals surface area contributed by atoms with Crippen LogP contribution in [0.5, 0.6) is 5.75 Å². The van der Waals surface area contributed by atoms with E-state index in [2.05, 4.69) is 26.1 Å². The number of ether oxygens (including phenoxy) is 1. The normalized spacial score (nSPS) is 33.4. The highest BCUT2D eigenvalue weighted by Gasteiger charge is 2.60. The maximum atomic E-state index is 6.34. The molecular formula is C18H26ClNO. The number of rotatable bonds is 4. The summed E-state index contributed by atoms with van der Waals surface area (Å²) in [5, 5.41) is 4.56. The van der Waals surface area contributed by atoms with Gasteiger partial charge in [0, 0.05) is 23.2 Å². The topological polar surface area (TPSA) is 21.3 Å². The highest BCUT2D eigenvalue weighted by Crippen LogP contribution is 2.65. The average Bonchev–Trinajstić information content (AvgIpc) is 2.78. The van der Waals surface area contributed by atoms with Crippen molar-refractivity contribution in [3.05, 3.63) is 28.8 Å². The minimum absolute atomic E-state index is 0.395. The molecule has 2 bridgehead atoms. The van der Waals surface area contributed by atoms with Gasteiger partial charge in [0.15, 0.2) is 0 Å². The maximum Gasteiger partial charge on any atom is 0.124 e. The van der Waals surface area contributed by atoms with Crippen LogP contribution in [0.25, 0.3) is 0 Å². The predicted octanol–water partition coefficient (Wildman–Crippen LogP) is 4.65. The van der Waals surface area contributed by atoms with Gasteiger partial charge < -0.3 is 10.1 Å². The molecule has 0 aliphatic heterocycles. The lowest BCUT2D eigenvalue weighted by Gasteiger charge is -2.39. The highest BCUT2D eigenvalue weighted by molar-refractivity contribution is 6.31. The molecular weight excluding hydrogens is 282 g/mol. The first-order chi connectivity index (χ1) is 9.90. The van der Waals surface area contributed by atoms with Gasteiger partial charge in [-0.25, -0.2) is 0 Å². The number of halogens is 1. The molecule has 0 saturated heterocycles. The highest BCUT2D eigenvalue weighted by atomic mass is 35.5. The lowest BCUT2D eigenvalue weighted by atomic mass is 9.69. The number of nitrogens with one attached hydrogen (secondary N) is 1. The summed E-state index contributed by atoms with van der Waals surface area (Å²) in [5.74, 6) is 1.73. The second-order valence-corrected chi connectivity index (χ2v) is 7.87. The Morgan fingerprint density at radius 1 is 1.33 bits per heavy atom. The van der Waals surface area contributed by atoms with E-state index >= 15 is 0 Å². The first-order valence-corrected chi connectivity index (χ1v) is 8.32. The third-order valence-electron chi connectivity index (χ3n) is 6.62. The van der Waals surface area contributed by atoms with Crippen LogP contribution in [0.15, 0.2) is 18.2 Å². The van der Waals surface area contributed by atoms with E-state index in [0.29, 0.717) is 16.9 Å². The minimum Gasteiger partial charge on any atom is -0.496 e. The number of methoxy groups -OCH3 is 1. The fourth-order valence-electron chi connectivity index (χ4n) is 4.64. The molecule has 0 spiro atoms. The van der Waals surface area contributed by atoms with Gasteiger partial charge in [-0.05, 0) is 48.1 Å². The van der Waals surface area contributed by atoms with Crippen LogP contribution in [0.1, 0.15) is 45.6 Å². The van der Waals surface area contributed by atoms with Crippen molar-refractivity contribution in [1.82, 2.24) is 5.32 Å². The Kier molecular flexibility index (Phi) is 3.74. The van der Waals surface area contributed by atoms with Crippen molar-refractivity contribution in [2.75, 3.05) is 7.11 Å². The molecule has 116 valence electrons. The van der Waals surface area contributed by atoms with Crippen LogP contribution >= 0.6 is 11.6 Å². The summed E-state index contributed by atoms with van der Waals surface area (Å²) in [6.07, 6.45) is 4.01. The van der Waals surface area contributed by atoms with E-state index in [9.17, 15) is 0 Å². The third-order valence-corrected chi connectivity index (χ3v) is 6.97. The van der Waals surface area contributed by atoms with E-state index < -0.39 is 0 Å². The molecule has 2 aliphatic rings. The largest absolute Gasteiger partial charge is 0.496 e. The quantitative estimate of drug-likeness (QED) is 0.874. The Labute approximate surface area is 133 Å². The monoisotopic (exact) mass is 307 g/mol. The van der Waals surface area contributed by atoms with E-state index in [0.717, 1.165) is 28.8 Å². The van der Waals surface area contributed by atoms with Crippen LogP contribution < -0.4 is 10.1 Å². The summed E-state index contributed by atoms with van der Waals surface area (Å²) in [6, 6.07) is 6.43. The van der Waals surface area contributed by atoms with Gasteiger partial charge in [0.05, 0.1) is 7.11 Å². The molecule has 0 aromatic heterocycles. The van der Waals surface area contributed by atoms with Gasteiger partial charge in [-0.15, -0.1) is 0 Å². The zero-order valence-corrected chi connectivity index (χ0v) is 14.3. The van der Waals surface area contributed by atoms with Gasteiger partial charge in [-0.2, -0.15) is 0 Å². The second-order valence-electron chi connectivity index (χ2n) is 7.46. The molecule has 3 heteroatoms. The maximum absolute atomic E-state index is 6.34. The molecule has 2 nitrogen and oxygen atoms in total. The zero-order chi connectivity index (χ0) is 15.3. The van der Waals surface area contributed by atoms with Crippen LogP contribution in [-0.4, -0.2) is 13.2 Å². The van der Waals surface area contributed by atoms with Crippen molar-refractivity contribution in [3.8, 4) is 5.75 Å². The molecule has 0 heterocycles. The van der Waals surface area contributed by atoms with Crippen molar-refractivity contribution < 1.29 is 4.74 Å². The molecule has 3 rings (SSSR count). The molecule has 2 saturated carbocycles. The summed E-state index contributed by atoms with van der Waals surface area (Å²) in [7, 11) is 1.71. The van der Waals surface area contributed by atoms with Gasteiger partial charge in [0.1, 0.15) is 5.75 Å². The zero-order valence-electron chi connectivity index (χ0n) is 13.5. The molecule has 1 aromatic carbocycles. The molecule has 1 aromatic rings. The lowest BCUT2D eigenvalue weighted by Crippen LogP contribution is -2.44. The first-order valence-electron chi connectivity index (χ1n) is 7.95. The van der Waals surface area contributed by atoms with Crippen LogP contribution in [0.2, 0.25) is 5.02 Å². The summed E-state index contributed by atoms with van der Waals surface area (Å²) in [4.78, 5) is 0. The van der Waals surface area contributed by atoms with Gasteiger partial charge in [-0.1, -0.05) is 38.4 Å². The Morgan fingerprint density at radius 3 is 2.67 bits per heavy atom. The average molecular weight is 308 g/mol. The number of hydrogen-bond donors (Lipinski definition) is 1. The number of fused-ring (bicyclic) bond motifs is 2. The van der Waals surface area contributed by atoms with Crippen molar-refractivity contribution in [2.45, 2.75) is 52.6 Å².